The monoisotopic (exact) mass is 393 g/mol. The number of hydrogen-bond acceptors (Lipinski definition) is 5. The number of terminal acetylenes is 1. The smallest absolute Gasteiger partial charge is 0.180 e. The number of carbonyl (C=O) groups is 3. The third kappa shape index (κ3) is 4.32. The Balaban J connectivity index is 1.65. The molecule has 29 heavy (non-hydrogen) atoms. The molecular formula is C24H27NO4. The van der Waals surface area contributed by atoms with Gasteiger partial charge in [0.25, 0.3) is 0 Å². The molecule has 2 atom stereocenters. The first-order chi connectivity index (χ1) is 13.6. The lowest BCUT2D eigenvalue weighted by Gasteiger charge is -2.16. The number of aryl methyl sites for hydroxylation is 2. The number of hydrogen-bond donors (Lipinski definition) is 0. The molecule has 2 unspecified atom stereocenters. The summed E-state index contributed by atoms with van der Waals surface area (Å²) in [5, 5.41) is 3.88. The van der Waals surface area contributed by atoms with Crippen LogP contribution in [0.15, 0.2) is 17.3 Å². The second-order valence-electron chi connectivity index (χ2n) is 8.77. The molecule has 2 aliphatic rings. The summed E-state index contributed by atoms with van der Waals surface area (Å²) in [6, 6.07) is 3.80. The van der Waals surface area contributed by atoms with Crippen molar-refractivity contribution in [2.24, 2.45) is 11.1 Å². The van der Waals surface area contributed by atoms with Crippen LogP contribution in [0.25, 0.3) is 0 Å². The minimum atomic E-state index is -0.782. The second-order valence-corrected chi connectivity index (χ2v) is 8.77. The van der Waals surface area contributed by atoms with Crippen LogP contribution in [0.4, 0.5) is 0 Å². The van der Waals surface area contributed by atoms with Crippen molar-refractivity contribution in [3.8, 4) is 12.3 Å². The summed E-state index contributed by atoms with van der Waals surface area (Å²) in [6.45, 7) is 7.60. The maximum atomic E-state index is 13.0. The van der Waals surface area contributed by atoms with Crippen LogP contribution in [0, 0.1) is 32.1 Å². The first-order valence-electron chi connectivity index (χ1n) is 10.1. The fourth-order valence-electron chi connectivity index (χ4n) is 4.33. The van der Waals surface area contributed by atoms with Crippen LogP contribution in [-0.4, -0.2) is 28.7 Å². The van der Waals surface area contributed by atoms with Gasteiger partial charge < -0.3 is 4.84 Å². The van der Waals surface area contributed by atoms with Gasteiger partial charge in [-0.1, -0.05) is 17.1 Å². The SMILES string of the molecule is C#Cc1cc(C)cc(C)c1C1C(=O)CC(CCCC(=O)C2=NOC(C)(C)C2)C1=O. The number of rotatable bonds is 6. The number of Topliss-reactive ketones (excluding diaryl/α,β-unsaturated/α-hetero) is 3. The summed E-state index contributed by atoms with van der Waals surface area (Å²) >= 11 is 0. The molecule has 5 heteroatoms. The van der Waals surface area contributed by atoms with Crippen LogP contribution >= 0.6 is 0 Å². The zero-order chi connectivity index (χ0) is 21.3. The molecule has 0 bridgehead atoms. The third-order valence-corrected chi connectivity index (χ3v) is 5.71. The number of benzene rings is 1. The van der Waals surface area contributed by atoms with E-state index in [0.717, 1.165) is 11.1 Å². The topological polar surface area (TPSA) is 72.8 Å². The lowest BCUT2D eigenvalue weighted by Crippen LogP contribution is -2.22. The van der Waals surface area contributed by atoms with Crippen molar-refractivity contribution >= 4 is 23.1 Å². The Morgan fingerprint density at radius 2 is 2.03 bits per heavy atom. The van der Waals surface area contributed by atoms with Crippen LogP contribution in [-0.2, 0) is 19.2 Å². The number of oxime groups is 1. The van der Waals surface area contributed by atoms with Gasteiger partial charge in [-0.3, -0.25) is 14.4 Å². The zero-order valence-electron chi connectivity index (χ0n) is 17.5. The molecule has 1 saturated carbocycles. The van der Waals surface area contributed by atoms with Gasteiger partial charge in [0, 0.05) is 30.7 Å². The Kier molecular flexibility index (Phi) is 5.75. The Morgan fingerprint density at radius 1 is 1.31 bits per heavy atom. The predicted molar refractivity (Wildman–Crippen MR) is 111 cm³/mol. The third-order valence-electron chi connectivity index (χ3n) is 5.71. The Labute approximate surface area is 171 Å². The molecule has 0 radical (unpaired) electrons. The van der Waals surface area contributed by atoms with Crippen molar-refractivity contribution in [2.75, 3.05) is 0 Å². The highest BCUT2D eigenvalue weighted by Crippen LogP contribution is 2.38. The molecule has 1 heterocycles. The normalized spacial score (nSPS) is 22.9. The molecule has 3 rings (SSSR count). The predicted octanol–water partition coefficient (Wildman–Crippen LogP) is 3.82. The Morgan fingerprint density at radius 3 is 2.66 bits per heavy atom. The Hall–Kier alpha value is -2.74. The first-order valence-corrected chi connectivity index (χ1v) is 10.1. The van der Waals surface area contributed by atoms with Crippen molar-refractivity contribution in [3.63, 3.8) is 0 Å². The number of nitrogens with zero attached hydrogens (tertiary/aromatic N) is 1. The summed E-state index contributed by atoms with van der Waals surface area (Å²) in [7, 11) is 0. The van der Waals surface area contributed by atoms with E-state index in [-0.39, 0.29) is 29.7 Å². The summed E-state index contributed by atoms with van der Waals surface area (Å²) in [4.78, 5) is 43.3. The van der Waals surface area contributed by atoms with E-state index in [1.807, 2.05) is 39.8 Å². The molecule has 0 saturated heterocycles. The maximum Gasteiger partial charge on any atom is 0.180 e. The fourth-order valence-corrected chi connectivity index (χ4v) is 4.33. The summed E-state index contributed by atoms with van der Waals surface area (Å²) < 4.78 is 0. The van der Waals surface area contributed by atoms with Gasteiger partial charge in [0.1, 0.15) is 23.0 Å². The van der Waals surface area contributed by atoms with E-state index in [0.29, 0.717) is 42.5 Å². The van der Waals surface area contributed by atoms with Crippen molar-refractivity contribution in [3.05, 3.63) is 34.4 Å². The van der Waals surface area contributed by atoms with Crippen LogP contribution in [0.1, 0.15) is 74.1 Å². The number of ketones is 3. The van der Waals surface area contributed by atoms with E-state index < -0.39 is 11.5 Å². The van der Waals surface area contributed by atoms with E-state index in [4.69, 9.17) is 11.3 Å². The maximum absolute atomic E-state index is 13.0. The highest BCUT2D eigenvalue weighted by atomic mass is 16.7. The largest absolute Gasteiger partial charge is 0.389 e. The van der Waals surface area contributed by atoms with Gasteiger partial charge in [-0.15, -0.1) is 6.42 Å². The molecule has 0 N–H and O–H groups in total. The van der Waals surface area contributed by atoms with Gasteiger partial charge in [0.2, 0.25) is 0 Å². The van der Waals surface area contributed by atoms with Crippen molar-refractivity contribution in [1.82, 2.24) is 0 Å². The molecule has 0 spiro atoms. The highest BCUT2D eigenvalue weighted by Gasteiger charge is 2.43. The second kappa shape index (κ2) is 7.94. The van der Waals surface area contributed by atoms with Gasteiger partial charge in [-0.2, -0.15) is 0 Å². The zero-order valence-corrected chi connectivity index (χ0v) is 17.5. The Bertz CT molecular complexity index is 948. The molecule has 1 aromatic carbocycles. The number of carbonyl (C=O) groups excluding carboxylic acids is 3. The average Bonchev–Trinajstić information content (AvgIpc) is 3.14. The van der Waals surface area contributed by atoms with Crippen LogP contribution in [0.2, 0.25) is 0 Å². The minimum absolute atomic E-state index is 0.0482. The molecule has 5 nitrogen and oxygen atoms in total. The van der Waals surface area contributed by atoms with E-state index in [2.05, 4.69) is 11.1 Å². The molecule has 0 amide bonds. The fraction of sp³-hybridized carbons (Fsp3) is 0.500. The first kappa shape index (κ1) is 21.0. The van der Waals surface area contributed by atoms with Crippen molar-refractivity contribution in [2.45, 2.75) is 71.3 Å². The van der Waals surface area contributed by atoms with Gasteiger partial charge in [-0.05, 0) is 63.3 Å². The summed E-state index contributed by atoms with van der Waals surface area (Å²) in [6.07, 6.45) is 7.72. The van der Waals surface area contributed by atoms with Gasteiger partial charge in [0.15, 0.2) is 11.6 Å². The van der Waals surface area contributed by atoms with Crippen molar-refractivity contribution in [1.29, 1.82) is 0 Å². The van der Waals surface area contributed by atoms with E-state index >= 15 is 0 Å². The van der Waals surface area contributed by atoms with Crippen molar-refractivity contribution < 1.29 is 19.2 Å². The quantitative estimate of drug-likeness (QED) is 0.544. The molecule has 1 aliphatic heterocycles. The van der Waals surface area contributed by atoms with Crippen LogP contribution < -0.4 is 0 Å². The molecule has 1 aliphatic carbocycles. The lowest BCUT2D eigenvalue weighted by atomic mass is 9.85. The van der Waals surface area contributed by atoms with E-state index in [1.165, 1.54) is 0 Å². The summed E-state index contributed by atoms with van der Waals surface area (Å²) in [5.74, 6) is 1.29. The van der Waals surface area contributed by atoms with Crippen LogP contribution in [0.5, 0.6) is 0 Å². The average molecular weight is 393 g/mol. The molecule has 0 aromatic heterocycles. The minimum Gasteiger partial charge on any atom is -0.389 e. The van der Waals surface area contributed by atoms with E-state index in [9.17, 15) is 14.4 Å². The van der Waals surface area contributed by atoms with Gasteiger partial charge in [0.05, 0.1) is 0 Å². The van der Waals surface area contributed by atoms with E-state index in [1.54, 1.807) is 0 Å². The van der Waals surface area contributed by atoms with Gasteiger partial charge in [-0.25, -0.2) is 0 Å². The lowest BCUT2D eigenvalue weighted by molar-refractivity contribution is -0.125. The molecule has 1 fully saturated rings. The van der Waals surface area contributed by atoms with Gasteiger partial charge >= 0.3 is 0 Å². The standard InChI is InChI=1S/C24H27NO4/c1-6-16-11-14(2)10-15(3)21(16)22-20(27)12-17(23(22)28)8-7-9-19(26)18-13-24(4,5)29-25-18/h1,10-11,17,22H,7-9,12-13H2,2-5H3. The highest BCUT2D eigenvalue weighted by molar-refractivity contribution is 6.40. The summed E-state index contributed by atoms with van der Waals surface area (Å²) in [5.41, 5.74) is 3.19. The molecule has 152 valence electrons. The molecule has 1 aromatic rings. The molecular weight excluding hydrogens is 366 g/mol. The van der Waals surface area contributed by atoms with Crippen LogP contribution in [0.3, 0.4) is 0 Å².